The van der Waals surface area contributed by atoms with Gasteiger partial charge in [-0.05, 0) is 44.0 Å². The highest BCUT2D eigenvalue weighted by molar-refractivity contribution is 5.58. The summed E-state index contributed by atoms with van der Waals surface area (Å²) in [4.78, 5) is 4.48. The number of piperidine rings is 1. The van der Waals surface area contributed by atoms with E-state index in [0.29, 0.717) is 11.6 Å². The summed E-state index contributed by atoms with van der Waals surface area (Å²) in [5.41, 5.74) is 1.45. The van der Waals surface area contributed by atoms with Gasteiger partial charge in [0, 0.05) is 12.6 Å². The molecule has 1 saturated heterocycles. The summed E-state index contributed by atoms with van der Waals surface area (Å²) in [5, 5.41) is 12.5. The van der Waals surface area contributed by atoms with Crippen LogP contribution in [-0.2, 0) is 6.42 Å². The minimum Gasteiger partial charge on any atom is -0.316 e. The smallest absolute Gasteiger partial charge is 0.166 e. The molecule has 3 heterocycles. The number of hydrogen-bond donors (Lipinski definition) is 1. The van der Waals surface area contributed by atoms with Gasteiger partial charge in [0.25, 0.3) is 0 Å². The molecule has 3 rings (SSSR count). The average molecular weight is 240 g/mol. The Morgan fingerprint density at radius 1 is 1.50 bits per heavy atom. The van der Waals surface area contributed by atoms with E-state index in [-0.39, 0.29) is 0 Å². The third kappa shape index (κ3) is 1.98. The van der Waals surface area contributed by atoms with E-state index in [1.165, 1.54) is 12.8 Å². The average Bonchev–Trinajstić information content (AvgIpc) is 2.78. The van der Waals surface area contributed by atoms with Gasteiger partial charge in [-0.3, -0.25) is 0 Å². The molecule has 92 valence electrons. The van der Waals surface area contributed by atoms with Gasteiger partial charge >= 0.3 is 0 Å². The second-order valence-corrected chi connectivity index (χ2v) is 4.86. The molecular weight excluding hydrogens is 224 g/mol. The van der Waals surface area contributed by atoms with E-state index in [1.807, 2.05) is 28.8 Å². The van der Waals surface area contributed by atoms with Crippen molar-refractivity contribution >= 4 is 5.52 Å². The first kappa shape index (κ1) is 11.2. The molecule has 0 radical (unpaired) electrons. The monoisotopic (exact) mass is 240 g/mol. The largest absolute Gasteiger partial charge is 0.316 e. The van der Waals surface area contributed by atoms with Gasteiger partial charge in [0.05, 0.1) is 5.52 Å². The molecule has 1 atom stereocenters. The van der Waals surface area contributed by atoms with E-state index in [0.717, 1.165) is 30.9 Å². The zero-order valence-electron chi connectivity index (χ0n) is 10.3. The number of fused-ring (bicyclic) bond motifs is 1. The van der Waals surface area contributed by atoms with E-state index in [2.05, 4.69) is 16.4 Å². The van der Waals surface area contributed by atoms with Gasteiger partial charge in [-0.15, -0.1) is 0 Å². The van der Waals surface area contributed by atoms with Crippen molar-refractivity contribution in [2.45, 2.75) is 19.3 Å². The van der Waals surface area contributed by atoms with Crippen molar-refractivity contribution in [3.8, 4) is 6.07 Å². The number of hydrogen-bond acceptors (Lipinski definition) is 3. The number of rotatable bonds is 2. The predicted octanol–water partition coefficient (Wildman–Crippen LogP) is 1.75. The highest BCUT2D eigenvalue weighted by Crippen LogP contribution is 2.19. The topological polar surface area (TPSA) is 53.1 Å². The van der Waals surface area contributed by atoms with Crippen molar-refractivity contribution in [1.29, 1.82) is 5.26 Å². The van der Waals surface area contributed by atoms with Crippen LogP contribution < -0.4 is 5.32 Å². The van der Waals surface area contributed by atoms with Crippen LogP contribution >= 0.6 is 0 Å². The quantitative estimate of drug-likeness (QED) is 0.870. The summed E-state index contributed by atoms with van der Waals surface area (Å²) in [6, 6.07) is 8.07. The van der Waals surface area contributed by atoms with E-state index in [9.17, 15) is 0 Å². The van der Waals surface area contributed by atoms with Crippen molar-refractivity contribution in [2.75, 3.05) is 13.1 Å². The van der Waals surface area contributed by atoms with Crippen LogP contribution in [0.2, 0.25) is 0 Å². The zero-order valence-corrected chi connectivity index (χ0v) is 10.3. The molecule has 0 aliphatic carbocycles. The van der Waals surface area contributed by atoms with Crippen LogP contribution in [0.3, 0.4) is 0 Å². The minimum absolute atomic E-state index is 0.536. The lowest BCUT2D eigenvalue weighted by Crippen LogP contribution is -2.31. The summed E-state index contributed by atoms with van der Waals surface area (Å²) in [7, 11) is 0. The molecule has 4 nitrogen and oxygen atoms in total. The lowest BCUT2D eigenvalue weighted by Gasteiger charge is -2.21. The number of nitrogens with one attached hydrogen (secondary N) is 1. The first-order chi connectivity index (χ1) is 8.88. The molecule has 2 aromatic rings. The molecule has 0 bridgehead atoms. The van der Waals surface area contributed by atoms with E-state index in [1.54, 1.807) is 0 Å². The molecule has 1 fully saturated rings. The molecule has 1 aliphatic rings. The van der Waals surface area contributed by atoms with E-state index in [4.69, 9.17) is 5.26 Å². The Hall–Kier alpha value is -1.86. The second kappa shape index (κ2) is 4.79. The van der Waals surface area contributed by atoms with Crippen molar-refractivity contribution in [3.05, 3.63) is 35.9 Å². The lowest BCUT2D eigenvalue weighted by molar-refractivity contribution is 0.370. The van der Waals surface area contributed by atoms with Gasteiger partial charge in [-0.25, -0.2) is 4.98 Å². The lowest BCUT2D eigenvalue weighted by atomic mass is 9.96. The van der Waals surface area contributed by atoms with Gasteiger partial charge in [0.1, 0.15) is 11.9 Å². The fraction of sp³-hybridized carbons (Fsp3) is 0.429. The molecule has 0 spiro atoms. The fourth-order valence-electron chi connectivity index (χ4n) is 2.68. The first-order valence-electron chi connectivity index (χ1n) is 6.45. The molecule has 18 heavy (non-hydrogen) atoms. The Bertz CT molecular complexity index is 587. The van der Waals surface area contributed by atoms with Crippen LogP contribution in [0, 0.1) is 17.2 Å². The summed E-state index contributed by atoms with van der Waals surface area (Å²) >= 11 is 0. The minimum atomic E-state index is 0.536. The summed E-state index contributed by atoms with van der Waals surface area (Å²) in [6.07, 6.45) is 5.42. The first-order valence-corrected chi connectivity index (χ1v) is 6.45. The Morgan fingerprint density at radius 3 is 3.22 bits per heavy atom. The highest BCUT2D eigenvalue weighted by atomic mass is 15.0. The number of nitriles is 1. The normalized spacial score (nSPS) is 19.8. The predicted molar refractivity (Wildman–Crippen MR) is 69.2 cm³/mol. The van der Waals surface area contributed by atoms with Crippen LogP contribution in [0.25, 0.3) is 5.52 Å². The van der Waals surface area contributed by atoms with Gasteiger partial charge in [0.15, 0.2) is 5.69 Å². The number of aromatic nitrogens is 2. The Balaban J connectivity index is 1.94. The molecule has 4 heteroatoms. The summed E-state index contributed by atoms with van der Waals surface area (Å²) in [6.45, 7) is 2.19. The maximum absolute atomic E-state index is 9.12. The van der Waals surface area contributed by atoms with Crippen LogP contribution in [-0.4, -0.2) is 22.5 Å². The molecule has 2 aromatic heterocycles. The zero-order chi connectivity index (χ0) is 12.4. The van der Waals surface area contributed by atoms with E-state index < -0.39 is 0 Å². The fourth-order valence-corrected chi connectivity index (χ4v) is 2.68. The standard InChI is InChI=1S/C14H16N4/c15-9-12-13-5-1-2-7-18(13)14(17-12)8-11-4-3-6-16-10-11/h1-2,5,7,11,16H,3-4,6,8,10H2. The van der Waals surface area contributed by atoms with Gasteiger partial charge < -0.3 is 9.72 Å². The van der Waals surface area contributed by atoms with Crippen LogP contribution in [0.4, 0.5) is 0 Å². The van der Waals surface area contributed by atoms with Crippen molar-refractivity contribution < 1.29 is 0 Å². The molecule has 1 N–H and O–H groups in total. The van der Waals surface area contributed by atoms with Crippen LogP contribution in [0.1, 0.15) is 24.4 Å². The Kier molecular flexibility index (Phi) is 2.99. The third-order valence-electron chi connectivity index (χ3n) is 3.60. The number of imidazole rings is 1. The number of nitrogens with zero attached hydrogens (tertiary/aromatic N) is 3. The number of pyridine rings is 1. The molecule has 0 saturated carbocycles. The molecule has 0 amide bonds. The molecular formula is C14H16N4. The molecule has 1 unspecified atom stereocenters. The van der Waals surface area contributed by atoms with Crippen molar-refractivity contribution in [1.82, 2.24) is 14.7 Å². The maximum Gasteiger partial charge on any atom is 0.166 e. The van der Waals surface area contributed by atoms with E-state index >= 15 is 0 Å². The Morgan fingerprint density at radius 2 is 2.44 bits per heavy atom. The summed E-state index contributed by atoms with van der Waals surface area (Å²) < 4.78 is 2.05. The van der Waals surface area contributed by atoms with Crippen LogP contribution in [0.15, 0.2) is 24.4 Å². The van der Waals surface area contributed by atoms with Gasteiger partial charge in [-0.1, -0.05) is 6.07 Å². The maximum atomic E-state index is 9.12. The second-order valence-electron chi connectivity index (χ2n) is 4.86. The molecule has 1 aliphatic heterocycles. The van der Waals surface area contributed by atoms with Crippen molar-refractivity contribution in [2.24, 2.45) is 5.92 Å². The Labute approximate surface area is 106 Å². The van der Waals surface area contributed by atoms with Crippen LogP contribution in [0.5, 0.6) is 0 Å². The van der Waals surface area contributed by atoms with Gasteiger partial charge in [0.2, 0.25) is 0 Å². The van der Waals surface area contributed by atoms with Crippen molar-refractivity contribution in [3.63, 3.8) is 0 Å². The molecule has 0 aromatic carbocycles. The SMILES string of the molecule is N#Cc1nc(CC2CCCNC2)n2ccccc12. The third-order valence-corrected chi connectivity index (χ3v) is 3.60. The van der Waals surface area contributed by atoms with Gasteiger partial charge in [-0.2, -0.15) is 5.26 Å². The highest BCUT2D eigenvalue weighted by Gasteiger charge is 2.17. The summed E-state index contributed by atoms with van der Waals surface area (Å²) in [5.74, 6) is 1.65.